The molecule has 3 rings (SSSR count). The zero-order valence-electron chi connectivity index (χ0n) is 12.1. The Balaban J connectivity index is 1.93. The fourth-order valence-corrected chi connectivity index (χ4v) is 3.59. The summed E-state index contributed by atoms with van der Waals surface area (Å²) in [5.41, 5.74) is 1.06. The van der Waals surface area contributed by atoms with Crippen molar-refractivity contribution >= 4 is 5.91 Å². The van der Waals surface area contributed by atoms with E-state index in [1.165, 1.54) is 12.8 Å². The Morgan fingerprint density at radius 1 is 1.30 bits per heavy atom. The average molecular weight is 274 g/mol. The van der Waals surface area contributed by atoms with Crippen molar-refractivity contribution in [3.63, 3.8) is 0 Å². The largest absolute Gasteiger partial charge is 0.496 e. The maximum atomic E-state index is 12.3. The quantitative estimate of drug-likeness (QED) is 0.919. The summed E-state index contributed by atoms with van der Waals surface area (Å²) in [7, 11) is 1.68. The van der Waals surface area contributed by atoms with Crippen molar-refractivity contribution in [2.45, 2.75) is 38.4 Å². The van der Waals surface area contributed by atoms with Gasteiger partial charge in [0.05, 0.1) is 13.7 Å². The van der Waals surface area contributed by atoms with E-state index in [0.29, 0.717) is 18.5 Å². The Kier molecular flexibility index (Phi) is 3.66. The van der Waals surface area contributed by atoms with E-state index in [4.69, 9.17) is 4.74 Å². The molecule has 1 aromatic carbocycles. The summed E-state index contributed by atoms with van der Waals surface area (Å²) in [6.07, 6.45) is 3.49. The first-order valence-corrected chi connectivity index (χ1v) is 7.40. The number of rotatable bonds is 3. The molecule has 3 unspecified atom stereocenters. The van der Waals surface area contributed by atoms with Gasteiger partial charge in [0.15, 0.2) is 0 Å². The van der Waals surface area contributed by atoms with Crippen molar-refractivity contribution in [1.82, 2.24) is 10.2 Å². The third-order valence-corrected chi connectivity index (χ3v) is 4.62. The molecule has 1 amide bonds. The number of methoxy groups -OCH3 is 1. The van der Waals surface area contributed by atoms with Gasteiger partial charge in [0.25, 0.3) is 0 Å². The van der Waals surface area contributed by atoms with Gasteiger partial charge in [0.2, 0.25) is 5.91 Å². The van der Waals surface area contributed by atoms with Gasteiger partial charge in [-0.05, 0) is 24.8 Å². The lowest BCUT2D eigenvalue weighted by Gasteiger charge is -2.33. The number of carbonyl (C=O) groups is 1. The first-order valence-electron chi connectivity index (χ1n) is 7.40. The fourth-order valence-electron chi connectivity index (χ4n) is 3.59. The van der Waals surface area contributed by atoms with E-state index in [0.717, 1.165) is 17.7 Å². The first-order chi connectivity index (χ1) is 9.72. The lowest BCUT2D eigenvalue weighted by molar-refractivity contribution is -0.131. The fraction of sp³-hybridized carbons (Fsp3) is 0.562. The van der Waals surface area contributed by atoms with Crippen molar-refractivity contribution in [1.29, 1.82) is 0 Å². The van der Waals surface area contributed by atoms with Gasteiger partial charge >= 0.3 is 0 Å². The smallest absolute Gasteiger partial charge is 0.238 e. The molecule has 4 heteroatoms. The predicted octanol–water partition coefficient (Wildman–Crippen LogP) is 2.31. The van der Waals surface area contributed by atoms with Gasteiger partial charge in [-0.25, -0.2) is 0 Å². The molecule has 1 aromatic rings. The minimum atomic E-state index is -0.0517. The van der Waals surface area contributed by atoms with Gasteiger partial charge in [0, 0.05) is 11.6 Å². The summed E-state index contributed by atoms with van der Waals surface area (Å²) < 4.78 is 5.45. The summed E-state index contributed by atoms with van der Waals surface area (Å²) in [5.74, 6) is 1.63. The van der Waals surface area contributed by atoms with Crippen LogP contribution in [0.5, 0.6) is 5.75 Å². The van der Waals surface area contributed by atoms with Crippen molar-refractivity contribution in [3.05, 3.63) is 29.8 Å². The first kappa shape index (κ1) is 13.4. The Bertz CT molecular complexity index is 503. The maximum absolute atomic E-state index is 12.3. The average Bonchev–Trinajstić information content (AvgIpc) is 3.04. The molecule has 1 N–H and O–H groups in total. The topological polar surface area (TPSA) is 41.6 Å². The van der Waals surface area contributed by atoms with E-state index in [1.54, 1.807) is 7.11 Å². The van der Waals surface area contributed by atoms with Gasteiger partial charge in [-0.15, -0.1) is 0 Å². The van der Waals surface area contributed by atoms with Crippen molar-refractivity contribution in [2.24, 2.45) is 5.92 Å². The highest BCUT2D eigenvalue weighted by atomic mass is 16.5. The standard InChI is InChI=1S/C16H22N2O2/c1-11-6-5-8-13(11)18-15(19)10-17-16(18)12-7-3-4-9-14(12)20-2/h3-4,7,9,11,13,16-17H,5-6,8,10H2,1-2H3. The summed E-state index contributed by atoms with van der Waals surface area (Å²) in [4.78, 5) is 14.4. The minimum Gasteiger partial charge on any atom is -0.496 e. The van der Waals surface area contributed by atoms with E-state index in [1.807, 2.05) is 24.3 Å². The zero-order chi connectivity index (χ0) is 14.1. The van der Waals surface area contributed by atoms with Gasteiger partial charge in [-0.3, -0.25) is 10.1 Å². The molecule has 0 bridgehead atoms. The van der Waals surface area contributed by atoms with Crippen LogP contribution >= 0.6 is 0 Å². The molecule has 1 heterocycles. The molecule has 4 nitrogen and oxygen atoms in total. The monoisotopic (exact) mass is 274 g/mol. The van der Waals surface area contributed by atoms with Crippen LogP contribution < -0.4 is 10.1 Å². The third kappa shape index (κ3) is 2.18. The number of nitrogens with one attached hydrogen (secondary N) is 1. The second kappa shape index (κ2) is 5.44. The highest BCUT2D eigenvalue weighted by Crippen LogP contribution is 2.38. The summed E-state index contributed by atoms with van der Waals surface area (Å²) in [6, 6.07) is 8.31. The SMILES string of the molecule is COc1ccccc1C1NCC(=O)N1C1CCCC1C. The molecule has 108 valence electrons. The number of benzene rings is 1. The Labute approximate surface area is 120 Å². The highest BCUT2D eigenvalue weighted by molar-refractivity contribution is 5.81. The van der Waals surface area contributed by atoms with Crippen LogP contribution in [0.15, 0.2) is 24.3 Å². The molecular formula is C16H22N2O2. The van der Waals surface area contributed by atoms with Crippen molar-refractivity contribution in [3.8, 4) is 5.75 Å². The molecule has 1 aliphatic heterocycles. The van der Waals surface area contributed by atoms with Gasteiger partial charge in [-0.1, -0.05) is 31.5 Å². The Hall–Kier alpha value is -1.55. The molecule has 0 radical (unpaired) electrons. The van der Waals surface area contributed by atoms with E-state index >= 15 is 0 Å². The van der Waals surface area contributed by atoms with Crippen LogP contribution in [0.3, 0.4) is 0 Å². The van der Waals surface area contributed by atoms with E-state index < -0.39 is 0 Å². The second-order valence-electron chi connectivity index (χ2n) is 5.80. The predicted molar refractivity (Wildman–Crippen MR) is 77.4 cm³/mol. The Morgan fingerprint density at radius 3 is 2.80 bits per heavy atom. The van der Waals surface area contributed by atoms with Crippen LogP contribution in [0.25, 0.3) is 0 Å². The summed E-state index contributed by atoms with van der Waals surface area (Å²) in [5, 5.41) is 3.34. The lowest BCUT2D eigenvalue weighted by atomic mass is 10.0. The van der Waals surface area contributed by atoms with Crippen LogP contribution in [0.2, 0.25) is 0 Å². The zero-order valence-corrected chi connectivity index (χ0v) is 12.1. The van der Waals surface area contributed by atoms with Gasteiger partial charge in [0.1, 0.15) is 11.9 Å². The van der Waals surface area contributed by atoms with Gasteiger partial charge in [-0.2, -0.15) is 0 Å². The molecule has 1 saturated carbocycles. The van der Waals surface area contributed by atoms with E-state index in [-0.39, 0.29) is 12.1 Å². The molecule has 2 aliphatic rings. The third-order valence-electron chi connectivity index (χ3n) is 4.62. The normalized spacial score (nSPS) is 30.0. The van der Waals surface area contributed by atoms with Crippen LogP contribution in [0.4, 0.5) is 0 Å². The molecule has 1 saturated heterocycles. The number of amides is 1. The minimum absolute atomic E-state index is 0.0517. The number of nitrogens with zero attached hydrogens (tertiary/aromatic N) is 1. The van der Waals surface area contributed by atoms with E-state index in [9.17, 15) is 4.79 Å². The number of hydrogen-bond acceptors (Lipinski definition) is 3. The molecule has 1 aliphatic carbocycles. The van der Waals surface area contributed by atoms with Crippen LogP contribution in [-0.4, -0.2) is 30.5 Å². The number of para-hydroxylation sites is 1. The number of hydrogen-bond donors (Lipinski definition) is 1. The van der Waals surface area contributed by atoms with Crippen molar-refractivity contribution < 1.29 is 9.53 Å². The summed E-state index contributed by atoms with van der Waals surface area (Å²) in [6.45, 7) is 2.68. The molecule has 20 heavy (non-hydrogen) atoms. The molecule has 0 aromatic heterocycles. The van der Waals surface area contributed by atoms with E-state index in [2.05, 4.69) is 17.1 Å². The maximum Gasteiger partial charge on any atom is 0.238 e. The Morgan fingerprint density at radius 2 is 2.10 bits per heavy atom. The van der Waals surface area contributed by atoms with Crippen molar-refractivity contribution in [2.75, 3.05) is 13.7 Å². The number of ether oxygens (including phenoxy) is 1. The second-order valence-corrected chi connectivity index (χ2v) is 5.80. The molecule has 0 spiro atoms. The van der Waals surface area contributed by atoms with Crippen LogP contribution in [0, 0.1) is 5.92 Å². The lowest BCUT2D eigenvalue weighted by Crippen LogP contribution is -2.41. The molecular weight excluding hydrogens is 252 g/mol. The molecule has 3 atom stereocenters. The molecule has 2 fully saturated rings. The van der Waals surface area contributed by atoms with Crippen LogP contribution in [0.1, 0.15) is 37.9 Å². The number of carbonyl (C=O) groups excluding carboxylic acids is 1. The highest BCUT2D eigenvalue weighted by Gasteiger charge is 2.41. The van der Waals surface area contributed by atoms with Gasteiger partial charge < -0.3 is 9.64 Å². The van der Waals surface area contributed by atoms with Crippen LogP contribution in [-0.2, 0) is 4.79 Å². The summed E-state index contributed by atoms with van der Waals surface area (Å²) >= 11 is 0.